The van der Waals surface area contributed by atoms with Crippen LogP contribution in [-0.4, -0.2) is 44.8 Å². The number of hydrogen-bond donors (Lipinski definition) is 3. The van der Waals surface area contributed by atoms with Crippen molar-refractivity contribution in [2.24, 2.45) is 0 Å². The number of nitrogens with zero attached hydrogens (tertiary/aromatic N) is 2. The second kappa shape index (κ2) is 7.08. The lowest BCUT2D eigenvalue weighted by molar-refractivity contribution is -0.385. The molecule has 138 valence electrons. The highest BCUT2D eigenvalue weighted by molar-refractivity contribution is 5.96. The number of amides is 2. The number of hydrogen-bond acceptors (Lipinski definition) is 6. The van der Waals surface area contributed by atoms with Gasteiger partial charge in [-0.05, 0) is 33.6 Å². The van der Waals surface area contributed by atoms with Gasteiger partial charge in [-0.1, -0.05) is 12.8 Å². The quantitative estimate of drug-likeness (QED) is 0.545. The number of ether oxygens (including phenoxy) is 1. The van der Waals surface area contributed by atoms with Gasteiger partial charge in [-0.2, -0.15) is 5.10 Å². The first-order chi connectivity index (χ1) is 11.6. The van der Waals surface area contributed by atoms with E-state index in [4.69, 9.17) is 4.74 Å². The Morgan fingerprint density at radius 1 is 1.40 bits per heavy atom. The zero-order chi connectivity index (χ0) is 18.7. The zero-order valence-electron chi connectivity index (χ0n) is 14.5. The lowest BCUT2D eigenvalue weighted by atomic mass is 9.97. The predicted molar refractivity (Wildman–Crippen MR) is 88.1 cm³/mol. The number of aromatic amines is 1. The number of nitrogens with one attached hydrogen (secondary N) is 3. The van der Waals surface area contributed by atoms with Crippen LogP contribution in [0.4, 0.5) is 10.5 Å². The van der Waals surface area contributed by atoms with Crippen molar-refractivity contribution in [3.05, 3.63) is 22.0 Å². The van der Waals surface area contributed by atoms with E-state index in [-0.39, 0.29) is 17.9 Å². The van der Waals surface area contributed by atoms with Crippen LogP contribution in [0, 0.1) is 10.1 Å². The van der Waals surface area contributed by atoms with Crippen LogP contribution in [0.3, 0.4) is 0 Å². The molecule has 2 amide bonds. The Morgan fingerprint density at radius 2 is 2.04 bits per heavy atom. The molecular weight excluding hydrogens is 330 g/mol. The SMILES string of the molecule is CC(C)(C)OC(=O)NCC1(NC(=O)c2[nH]ncc2[N+](=O)[O-])CCCC1. The molecule has 0 radical (unpaired) electrons. The first kappa shape index (κ1) is 18.7. The van der Waals surface area contributed by atoms with E-state index in [1.807, 2.05) is 0 Å². The summed E-state index contributed by atoms with van der Waals surface area (Å²) in [5, 5.41) is 22.4. The molecule has 0 aliphatic heterocycles. The number of H-pyrrole nitrogens is 1. The van der Waals surface area contributed by atoms with Crippen molar-refractivity contribution in [1.82, 2.24) is 20.8 Å². The molecule has 1 heterocycles. The Hall–Kier alpha value is -2.65. The van der Waals surface area contributed by atoms with Gasteiger partial charge < -0.3 is 15.4 Å². The van der Waals surface area contributed by atoms with Crippen LogP contribution in [0.25, 0.3) is 0 Å². The maximum atomic E-state index is 12.4. The fourth-order valence-corrected chi connectivity index (χ4v) is 2.84. The average molecular weight is 353 g/mol. The number of carbonyl (C=O) groups is 2. The Labute approximate surface area is 144 Å². The summed E-state index contributed by atoms with van der Waals surface area (Å²) in [6.07, 6.45) is 3.53. The molecule has 1 saturated carbocycles. The fourth-order valence-electron chi connectivity index (χ4n) is 2.84. The standard InChI is InChI=1S/C15H23N5O5/c1-14(2,3)25-13(22)16-9-15(6-4-5-7-15)18-12(21)11-10(20(23)24)8-17-19-11/h8H,4-7,9H2,1-3H3,(H,16,22)(H,17,19)(H,18,21). The summed E-state index contributed by atoms with van der Waals surface area (Å²) in [6.45, 7) is 5.47. The highest BCUT2D eigenvalue weighted by atomic mass is 16.6. The summed E-state index contributed by atoms with van der Waals surface area (Å²) in [5.41, 5.74) is -1.86. The minimum absolute atomic E-state index is 0.190. The zero-order valence-corrected chi connectivity index (χ0v) is 14.5. The molecule has 1 aromatic heterocycles. The van der Waals surface area contributed by atoms with E-state index in [2.05, 4.69) is 20.8 Å². The van der Waals surface area contributed by atoms with Gasteiger partial charge in [0.1, 0.15) is 11.8 Å². The maximum Gasteiger partial charge on any atom is 0.407 e. The van der Waals surface area contributed by atoms with E-state index >= 15 is 0 Å². The summed E-state index contributed by atoms with van der Waals surface area (Å²) in [7, 11) is 0. The molecule has 0 spiro atoms. The van der Waals surface area contributed by atoms with Gasteiger partial charge in [0.15, 0.2) is 0 Å². The third-order valence-corrected chi connectivity index (χ3v) is 3.95. The number of aromatic nitrogens is 2. The molecule has 0 atom stereocenters. The molecule has 1 aliphatic rings. The molecule has 0 saturated heterocycles. The fraction of sp³-hybridized carbons (Fsp3) is 0.667. The van der Waals surface area contributed by atoms with Gasteiger partial charge >= 0.3 is 11.8 Å². The van der Waals surface area contributed by atoms with E-state index in [0.29, 0.717) is 12.8 Å². The number of carbonyl (C=O) groups excluding carboxylic acids is 2. The topological polar surface area (TPSA) is 139 Å². The molecule has 1 aliphatic carbocycles. The number of alkyl carbamates (subject to hydrolysis) is 1. The van der Waals surface area contributed by atoms with Crippen molar-refractivity contribution in [3.63, 3.8) is 0 Å². The molecule has 3 N–H and O–H groups in total. The van der Waals surface area contributed by atoms with Crippen molar-refractivity contribution in [2.75, 3.05) is 6.54 Å². The van der Waals surface area contributed by atoms with Crippen molar-refractivity contribution < 1.29 is 19.2 Å². The molecule has 1 fully saturated rings. The molecule has 1 aromatic rings. The van der Waals surface area contributed by atoms with E-state index in [1.54, 1.807) is 20.8 Å². The molecule has 10 nitrogen and oxygen atoms in total. The lowest BCUT2D eigenvalue weighted by Gasteiger charge is -2.31. The van der Waals surface area contributed by atoms with Gasteiger partial charge in [-0.15, -0.1) is 0 Å². The van der Waals surface area contributed by atoms with Crippen LogP contribution in [0.1, 0.15) is 56.9 Å². The highest BCUT2D eigenvalue weighted by Crippen LogP contribution is 2.30. The van der Waals surface area contributed by atoms with Gasteiger partial charge in [-0.25, -0.2) is 4.79 Å². The van der Waals surface area contributed by atoms with E-state index in [1.165, 1.54) is 0 Å². The Morgan fingerprint density at radius 3 is 2.60 bits per heavy atom. The third-order valence-electron chi connectivity index (χ3n) is 3.95. The second-order valence-corrected chi connectivity index (χ2v) is 7.18. The predicted octanol–water partition coefficient (Wildman–Crippen LogP) is 1.89. The van der Waals surface area contributed by atoms with E-state index in [9.17, 15) is 19.7 Å². The molecular formula is C15H23N5O5. The first-order valence-corrected chi connectivity index (χ1v) is 8.09. The van der Waals surface area contributed by atoms with Crippen LogP contribution < -0.4 is 10.6 Å². The Kier molecular flexibility index (Phi) is 5.29. The monoisotopic (exact) mass is 353 g/mol. The van der Waals surface area contributed by atoms with Crippen molar-refractivity contribution >= 4 is 17.7 Å². The number of rotatable bonds is 5. The Balaban J connectivity index is 2.04. The molecule has 10 heteroatoms. The maximum absolute atomic E-state index is 12.4. The molecule has 0 bridgehead atoms. The summed E-state index contributed by atoms with van der Waals surface area (Å²) in [6, 6.07) is 0. The molecule has 25 heavy (non-hydrogen) atoms. The minimum atomic E-state index is -0.668. The van der Waals surface area contributed by atoms with Gasteiger partial charge in [0.2, 0.25) is 5.69 Å². The van der Waals surface area contributed by atoms with Gasteiger partial charge in [0, 0.05) is 6.54 Å². The number of nitro groups is 1. The van der Waals surface area contributed by atoms with Gasteiger partial charge in [0.25, 0.3) is 5.91 Å². The summed E-state index contributed by atoms with van der Waals surface area (Å²) in [5.74, 6) is -0.614. The normalized spacial score (nSPS) is 16.3. The van der Waals surface area contributed by atoms with Gasteiger partial charge in [-0.3, -0.25) is 20.0 Å². The van der Waals surface area contributed by atoms with Crippen LogP contribution in [0.15, 0.2) is 6.20 Å². The largest absolute Gasteiger partial charge is 0.444 e. The van der Waals surface area contributed by atoms with Crippen molar-refractivity contribution in [3.8, 4) is 0 Å². The lowest BCUT2D eigenvalue weighted by Crippen LogP contribution is -2.54. The highest BCUT2D eigenvalue weighted by Gasteiger charge is 2.38. The van der Waals surface area contributed by atoms with Crippen molar-refractivity contribution in [2.45, 2.75) is 57.6 Å². The molecule has 2 rings (SSSR count). The van der Waals surface area contributed by atoms with Crippen LogP contribution in [0.5, 0.6) is 0 Å². The van der Waals surface area contributed by atoms with Crippen LogP contribution in [-0.2, 0) is 4.74 Å². The van der Waals surface area contributed by atoms with E-state index < -0.39 is 28.1 Å². The van der Waals surface area contributed by atoms with Crippen LogP contribution >= 0.6 is 0 Å². The Bertz CT molecular complexity index is 658. The summed E-state index contributed by atoms with van der Waals surface area (Å²) >= 11 is 0. The smallest absolute Gasteiger partial charge is 0.407 e. The van der Waals surface area contributed by atoms with E-state index in [0.717, 1.165) is 19.0 Å². The van der Waals surface area contributed by atoms with Crippen molar-refractivity contribution in [1.29, 1.82) is 0 Å². The molecule has 0 aromatic carbocycles. The first-order valence-electron chi connectivity index (χ1n) is 8.09. The third kappa shape index (κ3) is 4.91. The average Bonchev–Trinajstić information content (AvgIpc) is 3.13. The minimum Gasteiger partial charge on any atom is -0.444 e. The van der Waals surface area contributed by atoms with Gasteiger partial charge in [0.05, 0.1) is 10.5 Å². The second-order valence-electron chi connectivity index (χ2n) is 7.18. The molecule has 0 unspecified atom stereocenters. The van der Waals surface area contributed by atoms with Crippen LogP contribution in [0.2, 0.25) is 0 Å². The summed E-state index contributed by atoms with van der Waals surface area (Å²) in [4.78, 5) is 34.6. The summed E-state index contributed by atoms with van der Waals surface area (Å²) < 4.78 is 5.20.